The second kappa shape index (κ2) is 3.56. The number of aromatic nitrogens is 3. The van der Waals surface area contributed by atoms with E-state index in [-0.39, 0.29) is 5.69 Å². The maximum Gasteiger partial charge on any atom is 0.328 e. The first-order valence-electron chi connectivity index (χ1n) is 5.19. The van der Waals surface area contributed by atoms with Gasteiger partial charge in [0.2, 0.25) is 0 Å². The van der Waals surface area contributed by atoms with Gasteiger partial charge in [0, 0.05) is 23.1 Å². The number of pyridine rings is 1. The van der Waals surface area contributed by atoms with Crippen LogP contribution >= 0.6 is 22.6 Å². The van der Waals surface area contributed by atoms with Gasteiger partial charge in [-0.3, -0.25) is 14.1 Å². The lowest BCUT2D eigenvalue weighted by Gasteiger charge is -2.01. The Kier molecular flexibility index (Phi) is 2.25. The largest absolute Gasteiger partial charge is 0.328 e. The zero-order valence-corrected chi connectivity index (χ0v) is 11.6. The Labute approximate surface area is 111 Å². The van der Waals surface area contributed by atoms with Crippen LogP contribution in [-0.2, 0) is 14.1 Å². The summed E-state index contributed by atoms with van der Waals surface area (Å²) >= 11 is 2.27. The molecule has 1 aromatic carbocycles. The van der Waals surface area contributed by atoms with Gasteiger partial charge in [0.25, 0.3) is 0 Å². The molecule has 0 atom stereocenters. The van der Waals surface area contributed by atoms with E-state index in [1.807, 2.05) is 12.1 Å². The molecular formula is C12H10IN3O. The molecule has 0 bridgehead atoms. The van der Waals surface area contributed by atoms with Gasteiger partial charge in [-0.15, -0.1) is 0 Å². The van der Waals surface area contributed by atoms with E-state index in [1.54, 1.807) is 29.4 Å². The molecule has 2 aromatic heterocycles. The van der Waals surface area contributed by atoms with Crippen LogP contribution in [0.15, 0.2) is 29.2 Å². The van der Waals surface area contributed by atoms with Gasteiger partial charge in [-0.05, 0) is 40.8 Å². The fourth-order valence-corrected chi connectivity index (χ4v) is 2.65. The average molecular weight is 339 g/mol. The van der Waals surface area contributed by atoms with Crippen molar-refractivity contribution in [1.82, 2.24) is 14.1 Å². The predicted octanol–water partition coefficient (Wildman–Crippen LogP) is 2.03. The van der Waals surface area contributed by atoms with E-state index in [1.165, 1.54) is 0 Å². The van der Waals surface area contributed by atoms with Gasteiger partial charge in [-0.25, -0.2) is 4.79 Å². The van der Waals surface area contributed by atoms with Crippen molar-refractivity contribution >= 4 is 44.5 Å². The van der Waals surface area contributed by atoms with Gasteiger partial charge in [-0.1, -0.05) is 0 Å². The normalized spacial score (nSPS) is 11.5. The topological polar surface area (TPSA) is 39.8 Å². The monoisotopic (exact) mass is 339 g/mol. The molecule has 0 saturated heterocycles. The van der Waals surface area contributed by atoms with Crippen LogP contribution in [0, 0.1) is 3.57 Å². The molecule has 0 unspecified atom stereocenters. The van der Waals surface area contributed by atoms with Crippen LogP contribution in [0.5, 0.6) is 0 Å². The minimum absolute atomic E-state index is 0.0202. The fourth-order valence-electron chi connectivity index (χ4n) is 2.16. The Morgan fingerprint density at radius 3 is 2.76 bits per heavy atom. The van der Waals surface area contributed by atoms with Crippen LogP contribution in [0.1, 0.15) is 0 Å². The summed E-state index contributed by atoms with van der Waals surface area (Å²) in [6, 6.07) is 6.06. The Morgan fingerprint density at radius 2 is 2.00 bits per heavy atom. The lowest BCUT2D eigenvalue weighted by molar-refractivity contribution is 0.795. The van der Waals surface area contributed by atoms with Gasteiger partial charge in [0.15, 0.2) is 0 Å². The quantitative estimate of drug-likeness (QED) is 0.588. The van der Waals surface area contributed by atoms with E-state index in [9.17, 15) is 4.79 Å². The second-order valence-electron chi connectivity index (χ2n) is 4.05. The molecule has 0 aliphatic heterocycles. The molecule has 0 amide bonds. The summed E-state index contributed by atoms with van der Waals surface area (Å²) in [4.78, 5) is 16.3. The number of benzene rings is 1. The number of hydrogen-bond donors (Lipinski definition) is 0. The van der Waals surface area contributed by atoms with Crippen molar-refractivity contribution in [2.45, 2.75) is 0 Å². The van der Waals surface area contributed by atoms with Crippen LogP contribution in [0.2, 0.25) is 0 Å². The number of fused-ring (bicyclic) bond motifs is 3. The van der Waals surface area contributed by atoms with Crippen LogP contribution < -0.4 is 5.69 Å². The van der Waals surface area contributed by atoms with Gasteiger partial charge < -0.3 is 0 Å². The van der Waals surface area contributed by atoms with Gasteiger partial charge in [-0.2, -0.15) is 0 Å². The molecule has 0 N–H and O–H groups in total. The molecule has 0 radical (unpaired) electrons. The first kappa shape index (κ1) is 10.8. The molecule has 0 aliphatic carbocycles. The smallest absolute Gasteiger partial charge is 0.294 e. The van der Waals surface area contributed by atoms with E-state index in [0.717, 1.165) is 25.5 Å². The Morgan fingerprint density at radius 1 is 1.24 bits per heavy atom. The van der Waals surface area contributed by atoms with E-state index >= 15 is 0 Å². The summed E-state index contributed by atoms with van der Waals surface area (Å²) in [5.74, 6) is 0. The minimum Gasteiger partial charge on any atom is -0.294 e. The number of nitrogens with zero attached hydrogens (tertiary/aromatic N) is 3. The molecule has 0 spiro atoms. The SMILES string of the molecule is Cn1c(=O)n(C)c2c3cc(I)ccc3ncc21. The summed E-state index contributed by atoms with van der Waals surface area (Å²) in [5, 5.41) is 1.02. The molecular weight excluding hydrogens is 329 g/mol. The highest BCUT2D eigenvalue weighted by Crippen LogP contribution is 2.23. The van der Waals surface area contributed by atoms with Crippen molar-refractivity contribution in [2.24, 2.45) is 14.1 Å². The van der Waals surface area contributed by atoms with Crippen molar-refractivity contribution in [3.05, 3.63) is 38.5 Å². The number of hydrogen-bond acceptors (Lipinski definition) is 2. The highest BCUT2D eigenvalue weighted by molar-refractivity contribution is 14.1. The lowest BCUT2D eigenvalue weighted by atomic mass is 10.2. The van der Waals surface area contributed by atoms with E-state index in [4.69, 9.17) is 0 Å². The summed E-state index contributed by atoms with van der Waals surface area (Å²) in [6.07, 6.45) is 1.76. The molecule has 0 fully saturated rings. The molecule has 3 aromatic rings. The van der Waals surface area contributed by atoms with Crippen molar-refractivity contribution in [3.63, 3.8) is 0 Å². The maximum absolute atomic E-state index is 11.9. The zero-order valence-electron chi connectivity index (χ0n) is 9.44. The molecule has 0 saturated carbocycles. The number of imidazole rings is 1. The third kappa shape index (κ3) is 1.41. The van der Waals surface area contributed by atoms with Crippen LogP contribution in [-0.4, -0.2) is 14.1 Å². The van der Waals surface area contributed by atoms with Crippen molar-refractivity contribution < 1.29 is 0 Å². The highest BCUT2D eigenvalue weighted by atomic mass is 127. The zero-order chi connectivity index (χ0) is 12.2. The standard InChI is InChI=1S/C12H10IN3O/c1-15-10-6-14-9-4-3-7(13)5-8(9)11(10)16(2)12(15)17/h3-6H,1-2H3. The first-order chi connectivity index (χ1) is 8.09. The first-order valence-corrected chi connectivity index (χ1v) is 6.27. The lowest BCUT2D eigenvalue weighted by Crippen LogP contribution is -2.19. The third-order valence-corrected chi connectivity index (χ3v) is 3.72. The predicted molar refractivity (Wildman–Crippen MR) is 76.2 cm³/mol. The molecule has 0 aliphatic rings. The van der Waals surface area contributed by atoms with Crippen LogP contribution in [0.3, 0.4) is 0 Å². The third-order valence-electron chi connectivity index (χ3n) is 3.05. The van der Waals surface area contributed by atoms with Crippen molar-refractivity contribution in [1.29, 1.82) is 0 Å². The Hall–Kier alpha value is -1.37. The Balaban J connectivity index is 2.68. The number of halogens is 1. The molecule has 2 heterocycles. The van der Waals surface area contributed by atoms with Crippen molar-refractivity contribution in [2.75, 3.05) is 0 Å². The van der Waals surface area contributed by atoms with Crippen molar-refractivity contribution in [3.8, 4) is 0 Å². The molecule has 17 heavy (non-hydrogen) atoms. The molecule has 4 nitrogen and oxygen atoms in total. The number of aryl methyl sites for hydroxylation is 2. The minimum atomic E-state index is -0.0202. The fraction of sp³-hybridized carbons (Fsp3) is 0.167. The number of rotatable bonds is 0. The van der Waals surface area contributed by atoms with Crippen LogP contribution in [0.25, 0.3) is 21.9 Å². The van der Waals surface area contributed by atoms with E-state index < -0.39 is 0 Å². The van der Waals surface area contributed by atoms with E-state index in [0.29, 0.717) is 0 Å². The second-order valence-corrected chi connectivity index (χ2v) is 5.30. The highest BCUT2D eigenvalue weighted by Gasteiger charge is 2.11. The van der Waals surface area contributed by atoms with Gasteiger partial charge in [0.05, 0.1) is 22.7 Å². The average Bonchev–Trinajstić information content (AvgIpc) is 2.54. The Bertz CT molecular complexity index is 801. The maximum atomic E-state index is 11.9. The molecule has 5 heteroatoms. The summed E-state index contributed by atoms with van der Waals surface area (Å²) < 4.78 is 4.44. The summed E-state index contributed by atoms with van der Waals surface area (Å²) in [7, 11) is 3.57. The van der Waals surface area contributed by atoms with Gasteiger partial charge >= 0.3 is 5.69 Å². The summed E-state index contributed by atoms with van der Waals surface area (Å²) in [6.45, 7) is 0. The molecule has 86 valence electrons. The van der Waals surface area contributed by atoms with E-state index in [2.05, 4.69) is 33.6 Å². The summed E-state index contributed by atoms with van der Waals surface area (Å²) in [5.41, 5.74) is 2.71. The van der Waals surface area contributed by atoms with Crippen LogP contribution in [0.4, 0.5) is 0 Å². The molecule has 3 rings (SSSR count). The van der Waals surface area contributed by atoms with Gasteiger partial charge in [0.1, 0.15) is 0 Å².